The molecule has 1 aliphatic carbocycles. The number of rotatable bonds is 5. The molecule has 0 saturated heterocycles. The van der Waals surface area contributed by atoms with Crippen molar-refractivity contribution in [2.75, 3.05) is 26.1 Å². The van der Waals surface area contributed by atoms with Crippen LogP contribution in [0.1, 0.15) is 38.5 Å². The number of benzene rings is 1. The van der Waals surface area contributed by atoms with Crippen molar-refractivity contribution in [2.45, 2.75) is 44.1 Å². The SMILES string of the molecule is COc1cc(NCC2(O)CCCCCC2)c(OC)cc1Cl. The van der Waals surface area contributed by atoms with Crippen molar-refractivity contribution in [1.82, 2.24) is 0 Å². The topological polar surface area (TPSA) is 50.7 Å². The smallest absolute Gasteiger partial charge is 0.143 e. The highest BCUT2D eigenvalue weighted by Crippen LogP contribution is 2.36. The van der Waals surface area contributed by atoms with Gasteiger partial charge in [-0.3, -0.25) is 0 Å². The Morgan fingerprint density at radius 1 is 1.10 bits per heavy atom. The van der Waals surface area contributed by atoms with Crippen LogP contribution in [-0.2, 0) is 0 Å². The molecule has 0 amide bonds. The zero-order valence-corrected chi connectivity index (χ0v) is 13.5. The zero-order valence-electron chi connectivity index (χ0n) is 12.7. The second-order valence-electron chi connectivity index (χ2n) is 5.68. The van der Waals surface area contributed by atoms with E-state index in [0.717, 1.165) is 31.4 Å². The van der Waals surface area contributed by atoms with E-state index in [-0.39, 0.29) is 0 Å². The molecule has 1 fully saturated rings. The minimum Gasteiger partial charge on any atom is -0.495 e. The first kappa shape index (κ1) is 16.2. The molecule has 0 bridgehead atoms. The van der Waals surface area contributed by atoms with Gasteiger partial charge in [-0.2, -0.15) is 0 Å². The number of methoxy groups -OCH3 is 2. The van der Waals surface area contributed by atoms with Gasteiger partial charge in [0.1, 0.15) is 11.5 Å². The van der Waals surface area contributed by atoms with Gasteiger partial charge in [-0.05, 0) is 12.8 Å². The van der Waals surface area contributed by atoms with Crippen LogP contribution in [-0.4, -0.2) is 31.5 Å². The van der Waals surface area contributed by atoms with Crippen LogP contribution in [0.15, 0.2) is 12.1 Å². The summed E-state index contributed by atoms with van der Waals surface area (Å²) in [4.78, 5) is 0. The Bertz CT molecular complexity index is 471. The molecule has 4 nitrogen and oxygen atoms in total. The molecular weight excluding hydrogens is 290 g/mol. The third-order valence-electron chi connectivity index (χ3n) is 4.12. The molecule has 0 unspecified atom stereocenters. The lowest BCUT2D eigenvalue weighted by Gasteiger charge is -2.28. The van der Waals surface area contributed by atoms with Crippen LogP contribution in [0.4, 0.5) is 5.69 Å². The zero-order chi connectivity index (χ0) is 15.3. The van der Waals surface area contributed by atoms with Crippen molar-refractivity contribution < 1.29 is 14.6 Å². The summed E-state index contributed by atoms with van der Waals surface area (Å²) in [5.41, 5.74) is 0.144. The van der Waals surface area contributed by atoms with Crippen molar-refractivity contribution in [3.05, 3.63) is 17.2 Å². The van der Waals surface area contributed by atoms with E-state index in [2.05, 4.69) is 5.32 Å². The van der Waals surface area contributed by atoms with Gasteiger partial charge in [0.2, 0.25) is 0 Å². The van der Waals surface area contributed by atoms with Crippen LogP contribution in [0, 0.1) is 0 Å². The monoisotopic (exact) mass is 313 g/mol. The predicted molar refractivity (Wildman–Crippen MR) is 85.7 cm³/mol. The van der Waals surface area contributed by atoms with Crippen LogP contribution < -0.4 is 14.8 Å². The molecule has 0 heterocycles. The highest BCUT2D eigenvalue weighted by atomic mass is 35.5. The van der Waals surface area contributed by atoms with E-state index in [0.29, 0.717) is 23.1 Å². The van der Waals surface area contributed by atoms with Crippen molar-refractivity contribution in [2.24, 2.45) is 0 Å². The van der Waals surface area contributed by atoms with Crippen LogP contribution in [0.3, 0.4) is 0 Å². The molecule has 1 aromatic carbocycles. The fourth-order valence-electron chi connectivity index (χ4n) is 2.82. The van der Waals surface area contributed by atoms with Crippen molar-refractivity contribution in [3.8, 4) is 11.5 Å². The molecule has 0 spiro atoms. The van der Waals surface area contributed by atoms with Crippen LogP contribution in [0.2, 0.25) is 5.02 Å². The van der Waals surface area contributed by atoms with Gasteiger partial charge in [0.15, 0.2) is 0 Å². The molecule has 2 rings (SSSR count). The molecule has 0 aromatic heterocycles. The quantitative estimate of drug-likeness (QED) is 0.811. The molecule has 0 atom stereocenters. The lowest BCUT2D eigenvalue weighted by Crippen LogP contribution is -2.36. The molecule has 1 saturated carbocycles. The number of aliphatic hydroxyl groups is 1. The maximum absolute atomic E-state index is 10.7. The number of ether oxygens (including phenoxy) is 2. The summed E-state index contributed by atoms with van der Waals surface area (Å²) in [6.07, 6.45) is 6.26. The summed E-state index contributed by atoms with van der Waals surface area (Å²) in [7, 11) is 3.18. The average molecular weight is 314 g/mol. The van der Waals surface area contributed by atoms with E-state index < -0.39 is 5.60 Å². The van der Waals surface area contributed by atoms with Crippen LogP contribution >= 0.6 is 11.6 Å². The summed E-state index contributed by atoms with van der Waals surface area (Å²) in [5, 5.41) is 14.5. The molecule has 0 aliphatic heterocycles. The summed E-state index contributed by atoms with van der Waals surface area (Å²) in [6, 6.07) is 3.53. The van der Waals surface area contributed by atoms with Crippen LogP contribution in [0.25, 0.3) is 0 Å². The number of anilines is 1. The maximum Gasteiger partial charge on any atom is 0.143 e. The van der Waals surface area contributed by atoms with Crippen molar-refractivity contribution in [3.63, 3.8) is 0 Å². The first-order valence-electron chi connectivity index (χ1n) is 7.46. The minimum atomic E-state index is -0.644. The number of nitrogens with one attached hydrogen (secondary N) is 1. The molecule has 1 aliphatic rings. The van der Waals surface area contributed by atoms with Gasteiger partial charge in [0.05, 0.1) is 30.5 Å². The molecule has 5 heteroatoms. The predicted octanol–water partition coefficient (Wildman–Crippen LogP) is 3.85. The number of halogens is 1. The summed E-state index contributed by atoms with van der Waals surface area (Å²) >= 11 is 6.10. The first-order chi connectivity index (χ1) is 10.1. The largest absolute Gasteiger partial charge is 0.495 e. The van der Waals surface area contributed by atoms with Crippen LogP contribution in [0.5, 0.6) is 11.5 Å². The lowest BCUT2D eigenvalue weighted by atomic mass is 9.94. The second kappa shape index (κ2) is 7.23. The lowest BCUT2D eigenvalue weighted by molar-refractivity contribution is 0.0381. The van der Waals surface area contributed by atoms with E-state index >= 15 is 0 Å². The fourth-order valence-corrected chi connectivity index (χ4v) is 3.05. The molecule has 2 N–H and O–H groups in total. The van der Waals surface area contributed by atoms with Gasteiger partial charge in [-0.1, -0.05) is 37.3 Å². The van der Waals surface area contributed by atoms with Gasteiger partial charge in [0.25, 0.3) is 0 Å². The highest BCUT2D eigenvalue weighted by Gasteiger charge is 2.28. The third-order valence-corrected chi connectivity index (χ3v) is 4.41. The van der Waals surface area contributed by atoms with Gasteiger partial charge in [-0.25, -0.2) is 0 Å². The Labute approximate surface area is 131 Å². The number of hydrogen-bond acceptors (Lipinski definition) is 4. The molecule has 21 heavy (non-hydrogen) atoms. The highest BCUT2D eigenvalue weighted by molar-refractivity contribution is 6.32. The van der Waals surface area contributed by atoms with E-state index in [9.17, 15) is 5.11 Å². The minimum absolute atomic E-state index is 0.507. The summed E-state index contributed by atoms with van der Waals surface area (Å²) < 4.78 is 10.6. The number of hydrogen-bond donors (Lipinski definition) is 2. The van der Waals surface area contributed by atoms with E-state index in [1.165, 1.54) is 12.8 Å². The van der Waals surface area contributed by atoms with Gasteiger partial charge < -0.3 is 19.9 Å². The summed E-state index contributed by atoms with van der Waals surface area (Å²) in [5.74, 6) is 1.24. The molecule has 118 valence electrons. The van der Waals surface area contributed by atoms with Gasteiger partial charge in [0, 0.05) is 18.7 Å². The third kappa shape index (κ3) is 4.17. The summed E-state index contributed by atoms with van der Waals surface area (Å²) in [6.45, 7) is 0.508. The van der Waals surface area contributed by atoms with E-state index in [4.69, 9.17) is 21.1 Å². The second-order valence-corrected chi connectivity index (χ2v) is 6.09. The van der Waals surface area contributed by atoms with E-state index in [1.807, 2.05) is 0 Å². The Hall–Kier alpha value is -1.13. The first-order valence-corrected chi connectivity index (χ1v) is 7.83. The molecule has 0 radical (unpaired) electrons. The molecule has 1 aromatic rings. The fraction of sp³-hybridized carbons (Fsp3) is 0.625. The maximum atomic E-state index is 10.7. The van der Waals surface area contributed by atoms with Crippen molar-refractivity contribution >= 4 is 17.3 Å². The average Bonchev–Trinajstić information content (AvgIpc) is 2.70. The standard InChI is InChI=1S/C16H24ClNO3/c1-20-14-10-13(15(21-2)9-12(14)17)18-11-16(19)7-5-3-4-6-8-16/h9-10,18-19H,3-8,11H2,1-2H3. The van der Waals surface area contributed by atoms with E-state index in [1.54, 1.807) is 26.4 Å². The van der Waals surface area contributed by atoms with Gasteiger partial charge >= 0.3 is 0 Å². The Balaban J connectivity index is 2.11. The Morgan fingerprint density at radius 2 is 1.71 bits per heavy atom. The van der Waals surface area contributed by atoms with Crippen molar-refractivity contribution in [1.29, 1.82) is 0 Å². The molecular formula is C16H24ClNO3. The van der Waals surface area contributed by atoms with Gasteiger partial charge in [-0.15, -0.1) is 0 Å². The Morgan fingerprint density at radius 3 is 2.29 bits per heavy atom. The normalized spacial score (nSPS) is 17.9. The Kier molecular flexibility index (Phi) is 5.59.